The second-order valence-electron chi connectivity index (χ2n) is 5.14. The predicted molar refractivity (Wildman–Crippen MR) is 103 cm³/mol. The molecule has 118 valence electrons. The fraction of sp³-hybridized carbons (Fsp3) is 0.158. The van der Waals surface area contributed by atoms with Gasteiger partial charge in [0, 0.05) is 25.7 Å². The number of ether oxygens (including phenoxy) is 1. The van der Waals surface area contributed by atoms with Crippen LogP contribution >= 0.6 is 38.9 Å². The number of hydrogen-bond acceptors (Lipinski definition) is 2. The second-order valence-corrected chi connectivity index (χ2v) is 7.63. The Hall–Kier alpha value is -1.29. The molecule has 4 heteroatoms. The van der Waals surface area contributed by atoms with Crippen LogP contribution in [-0.4, -0.2) is 6.61 Å². The van der Waals surface area contributed by atoms with E-state index in [1.165, 1.54) is 15.3 Å². The van der Waals surface area contributed by atoms with Crippen LogP contribution in [0.2, 0.25) is 5.02 Å². The highest BCUT2D eigenvalue weighted by molar-refractivity contribution is 9.10. The van der Waals surface area contributed by atoms with Gasteiger partial charge in [0.15, 0.2) is 0 Å². The monoisotopic (exact) mass is 406 g/mol. The molecule has 0 radical (unpaired) electrons. The maximum Gasteiger partial charge on any atom is 0.119 e. The van der Waals surface area contributed by atoms with Crippen molar-refractivity contribution < 1.29 is 4.74 Å². The summed E-state index contributed by atoms with van der Waals surface area (Å²) in [6.45, 7) is 2.68. The summed E-state index contributed by atoms with van der Waals surface area (Å²) < 4.78 is 6.64. The summed E-state index contributed by atoms with van der Waals surface area (Å²) in [4.78, 5) is 2.54. The molecule has 1 heterocycles. The van der Waals surface area contributed by atoms with Gasteiger partial charge < -0.3 is 4.74 Å². The summed E-state index contributed by atoms with van der Waals surface area (Å²) in [6.07, 6.45) is 0.841. The van der Waals surface area contributed by atoms with Gasteiger partial charge in [-0.2, -0.15) is 0 Å². The van der Waals surface area contributed by atoms with Gasteiger partial charge >= 0.3 is 0 Å². The van der Waals surface area contributed by atoms with Crippen molar-refractivity contribution in [1.82, 2.24) is 0 Å². The maximum absolute atomic E-state index is 6.29. The normalized spacial score (nSPS) is 10.7. The molecule has 0 atom stereocenters. The number of rotatable bonds is 5. The van der Waals surface area contributed by atoms with Crippen LogP contribution in [0.4, 0.5) is 0 Å². The molecule has 0 amide bonds. The first-order valence-electron chi connectivity index (χ1n) is 7.41. The van der Waals surface area contributed by atoms with E-state index in [1.807, 2.05) is 31.2 Å². The summed E-state index contributed by atoms with van der Waals surface area (Å²) in [6, 6.07) is 18.5. The van der Waals surface area contributed by atoms with Gasteiger partial charge in [-0.05, 0) is 60.5 Å². The van der Waals surface area contributed by atoms with Crippen molar-refractivity contribution in [3.8, 4) is 16.2 Å². The first-order valence-corrected chi connectivity index (χ1v) is 9.40. The van der Waals surface area contributed by atoms with Crippen molar-refractivity contribution in [3.63, 3.8) is 0 Å². The van der Waals surface area contributed by atoms with Gasteiger partial charge in [0.05, 0.1) is 6.61 Å². The van der Waals surface area contributed by atoms with Crippen LogP contribution in [0.25, 0.3) is 10.4 Å². The Morgan fingerprint density at radius 2 is 1.96 bits per heavy atom. The third-order valence-corrected chi connectivity index (χ3v) is 5.46. The lowest BCUT2D eigenvalue weighted by Gasteiger charge is -2.05. The average molecular weight is 408 g/mol. The molecule has 3 aromatic rings. The van der Waals surface area contributed by atoms with E-state index in [2.05, 4.69) is 46.3 Å². The Bertz CT molecular complexity index is 813. The smallest absolute Gasteiger partial charge is 0.119 e. The largest absolute Gasteiger partial charge is 0.494 e. The number of halogens is 2. The SMILES string of the molecule is CCOc1cccc(-c2ccc(Cc3cc(Br)ccc3Cl)s2)c1. The molecule has 0 aliphatic carbocycles. The van der Waals surface area contributed by atoms with Crippen molar-refractivity contribution >= 4 is 38.9 Å². The molecule has 1 aromatic heterocycles. The van der Waals surface area contributed by atoms with Crippen LogP contribution in [0, 0.1) is 0 Å². The summed E-state index contributed by atoms with van der Waals surface area (Å²) in [5.74, 6) is 0.912. The molecule has 0 spiro atoms. The Balaban J connectivity index is 1.83. The summed E-state index contributed by atoms with van der Waals surface area (Å²) in [5.41, 5.74) is 2.32. The second kappa shape index (κ2) is 7.52. The van der Waals surface area contributed by atoms with Crippen LogP contribution in [0.3, 0.4) is 0 Å². The minimum Gasteiger partial charge on any atom is -0.494 e. The average Bonchev–Trinajstić information content (AvgIpc) is 3.00. The Labute approximate surface area is 154 Å². The van der Waals surface area contributed by atoms with Crippen molar-refractivity contribution in [2.75, 3.05) is 6.61 Å². The van der Waals surface area contributed by atoms with E-state index in [0.717, 1.165) is 27.2 Å². The topological polar surface area (TPSA) is 9.23 Å². The van der Waals surface area contributed by atoms with E-state index in [9.17, 15) is 0 Å². The van der Waals surface area contributed by atoms with Gasteiger partial charge in [0.1, 0.15) is 5.75 Å². The molecule has 0 unspecified atom stereocenters. The van der Waals surface area contributed by atoms with Crippen LogP contribution in [0.1, 0.15) is 17.4 Å². The molecule has 0 aliphatic rings. The summed E-state index contributed by atoms with van der Waals surface area (Å²) >= 11 is 11.6. The third-order valence-electron chi connectivity index (χ3n) is 3.46. The molecule has 2 aromatic carbocycles. The van der Waals surface area contributed by atoms with Gasteiger partial charge in [0.25, 0.3) is 0 Å². The van der Waals surface area contributed by atoms with Crippen molar-refractivity contribution in [2.24, 2.45) is 0 Å². The van der Waals surface area contributed by atoms with Crippen molar-refractivity contribution in [3.05, 3.63) is 74.5 Å². The molecule has 0 fully saturated rings. The van der Waals surface area contributed by atoms with Gasteiger partial charge in [-0.1, -0.05) is 39.7 Å². The molecule has 3 rings (SSSR count). The predicted octanol–water partition coefficient (Wildman–Crippen LogP) is 6.82. The summed E-state index contributed by atoms with van der Waals surface area (Å²) in [5, 5.41) is 0.807. The Morgan fingerprint density at radius 3 is 2.78 bits per heavy atom. The van der Waals surface area contributed by atoms with Crippen molar-refractivity contribution in [1.29, 1.82) is 0 Å². The molecule has 0 saturated heterocycles. The first kappa shape index (κ1) is 16.6. The summed E-state index contributed by atoms with van der Waals surface area (Å²) in [7, 11) is 0. The zero-order valence-electron chi connectivity index (χ0n) is 12.7. The van der Waals surface area contributed by atoms with Crippen LogP contribution in [0.15, 0.2) is 59.1 Å². The first-order chi connectivity index (χ1) is 11.2. The lowest BCUT2D eigenvalue weighted by molar-refractivity contribution is 0.340. The van der Waals surface area contributed by atoms with E-state index in [0.29, 0.717) is 6.61 Å². The van der Waals surface area contributed by atoms with Crippen molar-refractivity contribution in [2.45, 2.75) is 13.3 Å². The zero-order chi connectivity index (χ0) is 16.2. The van der Waals surface area contributed by atoms with Crippen LogP contribution < -0.4 is 4.74 Å². The molecule has 1 nitrogen and oxygen atoms in total. The minimum atomic E-state index is 0.681. The van der Waals surface area contributed by atoms with E-state index in [1.54, 1.807) is 11.3 Å². The van der Waals surface area contributed by atoms with Crippen LogP contribution in [0.5, 0.6) is 5.75 Å². The molecular formula is C19H16BrClOS. The van der Waals surface area contributed by atoms with E-state index < -0.39 is 0 Å². The lowest BCUT2D eigenvalue weighted by Crippen LogP contribution is -1.90. The Morgan fingerprint density at radius 1 is 1.09 bits per heavy atom. The zero-order valence-corrected chi connectivity index (χ0v) is 15.8. The molecule has 0 saturated carbocycles. The molecule has 0 bridgehead atoms. The standard InChI is InChI=1S/C19H16BrClOS/c1-2-22-16-5-3-4-13(11-16)19-9-7-17(23-19)12-14-10-15(20)6-8-18(14)21/h3-11H,2,12H2,1H3. The molecular weight excluding hydrogens is 392 g/mol. The van der Waals surface area contributed by atoms with E-state index >= 15 is 0 Å². The fourth-order valence-electron chi connectivity index (χ4n) is 2.40. The minimum absolute atomic E-state index is 0.681. The third kappa shape index (κ3) is 4.17. The number of hydrogen-bond donors (Lipinski definition) is 0. The quantitative estimate of drug-likeness (QED) is 0.451. The van der Waals surface area contributed by atoms with Crippen LogP contribution in [-0.2, 0) is 6.42 Å². The van der Waals surface area contributed by atoms with E-state index in [4.69, 9.17) is 16.3 Å². The highest BCUT2D eigenvalue weighted by Crippen LogP contribution is 2.33. The van der Waals surface area contributed by atoms with Gasteiger partial charge in [-0.3, -0.25) is 0 Å². The highest BCUT2D eigenvalue weighted by Gasteiger charge is 2.08. The Kier molecular flexibility index (Phi) is 5.42. The number of thiophene rings is 1. The fourth-order valence-corrected chi connectivity index (χ4v) is 4.02. The highest BCUT2D eigenvalue weighted by atomic mass is 79.9. The van der Waals surface area contributed by atoms with E-state index in [-0.39, 0.29) is 0 Å². The lowest BCUT2D eigenvalue weighted by atomic mass is 10.1. The molecule has 23 heavy (non-hydrogen) atoms. The maximum atomic E-state index is 6.29. The molecule has 0 N–H and O–H groups in total. The van der Waals surface area contributed by atoms with Gasteiger partial charge in [-0.15, -0.1) is 11.3 Å². The number of benzene rings is 2. The van der Waals surface area contributed by atoms with Gasteiger partial charge in [0.2, 0.25) is 0 Å². The molecule has 0 aliphatic heterocycles. The van der Waals surface area contributed by atoms with Gasteiger partial charge in [-0.25, -0.2) is 0 Å².